The Morgan fingerprint density at radius 3 is 2.57 bits per heavy atom. The zero-order valence-electron chi connectivity index (χ0n) is 9.52. The van der Waals surface area contributed by atoms with E-state index in [9.17, 15) is 0 Å². The van der Waals surface area contributed by atoms with Gasteiger partial charge in [0.2, 0.25) is 0 Å². The van der Waals surface area contributed by atoms with Gasteiger partial charge in [0, 0.05) is 11.8 Å². The molecule has 1 rings (SSSR count). The molecule has 1 aliphatic rings. The molecule has 0 heterocycles. The van der Waals surface area contributed by atoms with Crippen molar-refractivity contribution < 1.29 is 0 Å². The van der Waals surface area contributed by atoms with Gasteiger partial charge >= 0.3 is 0 Å². The van der Waals surface area contributed by atoms with Gasteiger partial charge in [-0.05, 0) is 30.1 Å². The molecule has 0 radical (unpaired) electrons. The fourth-order valence-corrected chi connectivity index (χ4v) is 3.36. The number of hydrogen-bond donors (Lipinski definition) is 0. The average Bonchev–Trinajstić information content (AvgIpc) is 2.02. The summed E-state index contributed by atoms with van der Waals surface area (Å²) in [6.45, 7) is 6.80. The van der Waals surface area contributed by atoms with Crippen molar-refractivity contribution in [3.63, 3.8) is 0 Å². The Bertz CT molecular complexity index is 224. The maximum absolute atomic E-state index is 6.43. The van der Waals surface area contributed by atoms with Crippen molar-refractivity contribution in [3.05, 3.63) is 0 Å². The quantitative estimate of drug-likeness (QED) is 0.478. The second-order valence-electron chi connectivity index (χ2n) is 5.41. The molecule has 0 bridgehead atoms. The van der Waals surface area contributed by atoms with Crippen LogP contribution in [0.4, 0.5) is 0 Å². The summed E-state index contributed by atoms with van der Waals surface area (Å²) in [5, 5.41) is 0.321. The Balaban J connectivity index is 2.64. The molecule has 1 aliphatic carbocycles. The van der Waals surface area contributed by atoms with Crippen molar-refractivity contribution in [3.8, 4) is 12.3 Å². The van der Waals surface area contributed by atoms with Crippen LogP contribution in [0.15, 0.2) is 0 Å². The minimum atomic E-state index is 0.210. The summed E-state index contributed by atoms with van der Waals surface area (Å²) in [6.07, 6.45) is 9.94. The molecule has 1 saturated carbocycles. The van der Waals surface area contributed by atoms with Crippen LogP contribution in [-0.4, -0.2) is 5.38 Å². The molecule has 3 unspecified atom stereocenters. The smallest absolute Gasteiger partial charge is 0.0372 e. The van der Waals surface area contributed by atoms with Crippen LogP contribution >= 0.6 is 11.6 Å². The molecular formula is C13H21Cl. The van der Waals surface area contributed by atoms with Gasteiger partial charge in [-0.1, -0.05) is 27.2 Å². The highest BCUT2D eigenvalue weighted by Crippen LogP contribution is 2.44. The standard InChI is InChI=1S/C13H21Cl/c1-5-8-13(3,4)11-7-6-10(2)9-12(11)14/h1,10-12H,6-9H2,2-4H3. The number of halogens is 1. The monoisotopic (exact) mass is 212 g/mol. The molecule has 0 aromatic heterocycles. The largest absolute Gasteiger partial charge is 0.123 e. The Labute approximate surface area is 93.4 Å². The second kappa shape index (κ2) is 4.58. The summed E-state index contributed by atoms with van der Waals surface area (Å²) in [4.78, 5) is 0. The molecule has 1 heteroatoms. The maximum atomic E-state index is 6.43. The first-order valence-electron chi connectivity index (χ1n) is 5.55. The molecule has 0 nitrogen and oxygen atoms in total. The van der Waals surface area contributed by atoms with E-state index in [0.29, 0.717) is 11.3 Å². The van der Waals surface area contributed by atoms with E-state index in [1.54, 1.807) is 0 Å². The van der Waals surface area contributed by atoms with Gasteiger partial charge in [-0.2, -0.15) is 0 Å². The summed E-state index contributed by atoms with van der Waals surface area (Å²) in [5.74, 6) is 4.16. The van der Waals surface area contributed by atoms with Gasteiger partial charge < -0.3 is 0 Å². The topological polar surface area (TPSA) is 0 Å². The van der Waals surface area contributed by atoms with E-state index >= 15 is 0 Å². The zero-order chi connectivity index (χ0) is 10.8. The lowest BCUT2D eigenvalue weighted by Gasteiger charge is -2.41. The third-order valence-corrected chi connectivity index (χ3v) is 4.08. The first kappa shape index (κ1) is 11.9. The molecule has 0 aromatic rings. The highest BCUT2D eigenvalue weighted by molar-refractivity contribution is 6.20. The van der Waals surface area contributed by atoms with Crippen molar-refractivity contribution in [2.45, 2.75) is 51.8 Å². The van der Waals surface area contributed by atoms with Crippen LogP contribution in [-0.2, 0) is 0 Å². The fraction of sp³-hybridized carbons (Fsp3) is 0.846. The first-order chi connectivity index (χ1) is 6.47. The lowest BCUT2D eigenvalue weighted by Crippen LogP contribution is -2.35. The Morgan fingerprint density at radius 1 is 1.43 bits per heavy atom. The summed E-state index contributed by atoms with van der Waals surface area (Å²) < 4.78 is 0. The van der Waals surface area contributed by atoms with E-state index in [1.807, 2.05) is 0 Å². The minimum Gasteiger partial charge on any atom is -0.123 e. The maximum Gasteiger partial charge on any atom is 0.0372 e. The molecule has 14 heavy (non-hydrogen) atoms. The van der Waals surface area contributed by atoms with Crippen molar-refractivity contribution >= 4 is 11.6 Å². The molecular weight excluding hydrogens is 192 g/mol. The van der Waals surface area contributed by atoms with E-state index in [4.69, 9.17) is 18.0 Å². The van der Waals surface area contributed by atoms with Crippen LogP contribution in [0.3, 0.4) is 0 Å². The van der Waals surface area contributed by atoms with Crippen LogP contribution < -0.4 is 0 Å². The molecule has 0 N–H and O–H groups in total. The molecule has 0 aliphatic heterocycles. The van der Waals surface area contributed by atoms with E-state index in [-0.39, 0.29) is 5.41 Å². The van der Waals surface area contributed by atoms with E-state index in [1.165, 1.54) is 12.8 Å². The van der Waals surface area contributed by atoms with E-state index in [0.717, 1.165) is 18.8 Å². The van der Waals surface area contributed by atoms with E-state index < -0.39 is 0 Å². The molecule has 0 spiro atoms. The Hall–Kier alpha value is -0.150. The predicted molar refractivity (Wildman–Crippen MR) is 63.4 cm³/mol. The summed E-state index contributed by atoms with van der Waals surface area (Å²) in [5.41, 5.74) is 0.210. The lowest BCUT2D eigenvalue weighted by molar-refractivity contribution is 0.147. The van der Waals surface area contributed by atoms with Crippen molar-refractivity contribution in [2.75, 3.05) is 0 Å². The fourth-order valence-electron chi connectivity index (χ4n) is 2.59. The van der Waals surface area contributed by atoms with Crippen LogP contribution in [0.5, 0.6) is 0 Å². The van der Waals surface area contributed by atoms with Crippen LogP contribution in [0, 0.1) is 29.6 Å². The first-order valence-corrected chi connectivity index (χ1v) is 5.98. The predicted octanol–water partition coefficient (Wildman–Crippen LogP) is 4.08. The van der Waals surface area contributed by atoms with Crippen molar-refractivity contribution in [1.82, 2.24) is 0 Å². The van der Waals surface area contributed by atoms with Gasteiger partial charge in [-0.15, -0.1) is 23.9 Å². The number of hydrogen-bond acceptors (Lipinski definition) is 0. The highest BCUT2D eigenvalue weighted by atomic mass is 35.5. The minimum absolute atomic E-state index is 0.210. The third-order valence-electron chi connectivity index (χ3n) is 3.60. The summed E-state index contributed by atoms with van der Waals surface area (Å²) in [6, 6.07) is 0. The van der Waals surface area contributed by atoms with Gasteiger partial charge in [0.1, 0.15) is 0 Å². The molecule has 3 atom stereocenters. The normalized spacial score (nSPS) is 33.8. The van der Waals surface area contributed by atoms with Gasteiger partial charge in [-0.25, -0.2) is 0 Å². The molecule has 80 valence electrons. The van der Waals surface area contributed by atoms with Crippen molar-refractivity contribution in [2.24, 2.45) is 17.3 Å². The molecule has 1 fully saturated rings. The summed E-state index contributed by atoms with van der Waals surface area (Å²) in [7, 11) is 0. The molecule has 0 aromatic carbocycles. The number of terminal acetylenes is 1. The van der Waals surface area contributed by atoms with Crippen LogP contribution in [0.25, 0.3) is 0 Å². The zero-order valence-corrected chi connectivity index (χ0v) is 10.3. The Kier molecular flexibility index (Phi) is 3.90. The third kappa shape index (κ3) is 2.67. The van der Waals surface area contributed by atoms with Crippen LogP contribution in [0.2, 0.25) is 0 Å². The van der Waals surface area contributed by atoms with Crippen LogP contribution in [0.1, 0.15) is 46.5 Å². The molecule has 0 amide bonds. The van der Waals surface area contributed by atoms with Gasteiger partial charge in [0.15, 0.2) is 0 Å². The average molecular weight is 213 g/mol. The van der Waals surface area contributed by atoms with Gasteiger partial charge in [0.25, 0.3) is 0 Å². The number of alkyl halides is 1. The second-order valence-corrected chi connectivity index (χ2v) is 5.97. The van der Waals surface area contributed by atoms with Gasteiger partial charge in [-0.3, -0.25) is 0 Å². The van der Waals surface area contributed by atoms with E-state index in [2.05, 4.69) is 26.7 Å². The number of rotatable bonds is 2. The van der Waals surface area contributed by atoms with Crippen molar-refractivity contribution in [1.29, 1.82) is 0 Å². The highest BCUT2D eigenvalue weighted by Gasteiger charge is 2.37. The Morgan fingerprint density at radius 2 is 2.07 bits per heavy atom. The van der Waals surface area contributed by atoms with Gasteiger partial charge in [0.05, 0.1) is 0 Å². The molecule has 0 saturated heterocycles. The lowest BCUT2D eigenvalue weighted by atomic mass is 9.67. The summed E-state index contributed by atoms with van der Waals surface area (Å²) >= 11 is 6.43. The SMILES string of the molecule is C#CCC(C)(C)C1CCC(C)CC1Cl.